The third-order valence-electron chi connectivity index (χ3n) is 4.11. The van der Waals surface area contributed by atoms with E-state index in [-0.39, 0.29) is 10.4 Å². The lowest BCUT2D eigenvalue weighted by molar-refractivity contribution is -0.120. The van der Waals surface area contributed by atoms with Gasteiger partial charge in [0.15, 0.2) is 0 Å². The van der Waals surface area contributed by atoms with E-state index in [1.54, 1.807) is 42.5 Å². The Hall–Kier alpha value is -3.26. The summed E-state index contributed by atoms with van der Waals surface area (Å²) in [5, 5.41) is 0. The fourth-order valence-electron chi connectivity index (χ4n) is 2.75. The molecular formula is C20H18FN3O3S. The van der Waals surface area contributed by atoms with E-state index in [0.717, 1.165) is 22.4 Å². The van der Waals surface area contributed by atoms with Crippen molar-refractivity contribution in [1.82, 2.24) is 4.57 Å². The van der Waals surface area contributed by atoms with Crippen molar-refractivity contribution in [3.05, 3.63) is 95.4 Å². The van der Waals surface area contributed by atoms with Crippen molar-refractivity contribution in [1.29, 1.82) is 0 Å². The smallest absolute Gasteiger partial charge is 0.284 e. The number of nitrogens with zero attached hydrogens (tertiary/aromatic N) is 2. The number of carbonyl (C=O) groups is 1. The largest absolute Gasteiger partial charge is 0.368 e. The SMILES string of the molecule is Cc1ccc(S(=O)(=O)/N=c2\ccc(F)cn2C(C(N)=O)c2ccccc2)cc1. The van der Waals surface area contributed by atoms with Gasteiger partial charge in [0, 0.05) is 6.20 Å². The number of amides is 1. The highest BCUT2D eigenvalue weighted by atomic mass is 32.2. The zero-order valence-corrected chi connectivity index (χ0v) is 15.8. The highest BCUT2D eigenvalue weighted by molar-refractivity contribution is 7.90. The summed E-state index contributed by atoms with van der Waals surface area (Å²) in [6.45, 7) is 1.83. The van der Waals surface area contributed by atoms with Gasteiger partial charge in [0.1, 0.15) is 17.3 Å². The zero-order chi connectivity index (χ0) is 20.3. The van der Waals surface area contributed by atoms with Crippen molar-refractivity contribution in [2.75, 3.05) is 0 Å². The number of hydrogen-bond acceptors (Lipinski definition) is 3. The first kappa shape index (κ1) is 19.5. The van der Waals surface area contributed by atoms with Crippen LogP contribution in [0.2, 0.25) is 0 Å². The van der Waals surface area contributed by atoms with Crippen LogP contribution in [0.5, 0.6) is 0 Å². The van der Waals surface area contributed by atoms with Crippen molar-refractivity contribution in [3.63, 3.8) is 0 Å². The first-order chi connectivity index (χ1) is 13.3. The number of rotatable bonds is 5. The van der Waals surface area contributed by atoms with E-state index in [2.05, 4.69) is 4.40 Å². The second-order valence-corrected chi connectivity index (χ2v) is 7.81. The average Bonchev–Trinajstić information content (AvgIpc) is 2.65. The van der Waals surface area contributed by atoms with Crippen LogP contribution in [0.1, 0.15) is 17.2 Å². The third-order valence-corrected chi connectivity index (χ3v) is 5.41. The molecule has 0 bridgehead atoms. The molecule has 8 heteroatoms. The third kappa shape index (κ3) is 4.17. The molecule has 1 unspecified atom stereocenters. The van der Waals surface area contributed by atoms with Gasteiger partial charge in [0.25, 0.3) is 10.0 Å². The van der Waals surface area contributed by atoms with E-state index < -0.39 is 27.8 Å². The summed E-state index contributed by atoms with van der Waals surface area (Å²) in [7, 11) is -4.08. The highest BCUT2D eigenvalue weighted by Gasteiger charge is 2.22. The Kier molecular flexibility index (Phi) is 5.41. The molecule has 0 radical (unpaired) electrons. The summed E-state index contributed by atoms with van der Waals surface area (Å²) >= 11 is 0. The van der Waals surface area contributed by atoms with Crippen LogP contribution in [0.4, 0.5) is 4.39 Å². The summed E-state index contributed by atoms with van der Waals surface area (Å²) in [5.74, 6) is -1.43. The molecule has 0 saturated heterocycles. The predicted octanol–water partition coefficient (Wildman–Crippen LogP) is 2.30. The molecule has 0 aliphatic rings. The summed E-state index contributed by atoms with van der Waals surface area (Å²) in [4.78, 5) is 12.1. The summed E-state index contributed by atoms with van der Waals surface area (Å²) in [6, 6.07) is 15.8. The minimum Gasteiger partial charge on any atom is -0.368 e. The Morgan fingerprint density at radius 1 is 1.04 bits per heavy atom. The van der Waals surface area contributed by atoms with Crippen molar-refractivity contribution in [2.45, 2.75) is 17.9 Å². The van der Waals surface area contributed by atoms with Gasteiger partial charge < -0.3 is 10.3 Å². The van der Waals surface area contributed by atoms with Crippen LogP contribution in [0.25, 0.3) is 0 Å². The Morgan fingerprint density at radius 2 is 1.68 bits per heavy atom. The molecule has 3 rings (SSSR count). The molecule has 144 valence electrons. The minimum atomic E-state index is -4.08. The van der Waals surface area contributed by atoms with Crippen LogP contribution in [0.15, 0.2) is 82.2 Å². The van der Waals surface area contributed by atoms with Gasteiger partial charge in [0.05, 0.1) is 4.90 Å². The predicted molar refractivity (Wildman–Crippen MR) is 102 cm³/mol. The van der Waals surface area contributed by atoms with Gasteiger partial charge in [0.2, 0.25) is 5.91 Å². The lowest BCUT2D eigenvalue weighted by Crippen LogP contribution is -2.35. The van der Waals surface area contributed by atoms with E-state index in [1.807, 2.05) is 6.92 Å². The van der Waals surface area contributed by atoms with Crippen LogP contribution in [0, 0.1) is 12.7 Å². The molecule has 0 saturated carbocycles. The van der Waals surface area contributed by atoms with E-state index >= 15 is 0 Å². The van der Waals surface area contributed by atoms with Crippen molar-refractivity contribution < 1.29 is 17.6 Å². The van der Waals surface area contributed by atoms with Gasteiger partial charge in [-0.05, 0) is 36.8 Å². The molecular weight excluding hydrogens is 381 g/mol. The lowest BCUT2D eigenvalue weighted by atomic mass is 10.1. The number of carbonyl (C=O) groups excluding carboxylic acids is 1. The van der Waals surface area contributed by atoms with Crippen LogP contribution >= 0.6 is 0 Å². The fraction of sp³-hybridized carbons (Fsp3) is 0.100. The summed E-state index contributed by atoms with van der Waals surface area (Å²) < 4.78 is 44.2. The second-order valence-electron chi connectivity index (χ2n) is 6.21. The summed E-state index contributed by atoms with van der Waals surface area (Å²) in [6.07, 6.45) is 1.01. The van der Waals surface area contributed by atoms with E-state index in [0.29, 0.717) is 5.56 Å². The van der Waals surface area contributed by atoms with Crippen molar-refractivity contribution >= 4 is 15.9 Å². The second kappa shape index (κ2) is 7.77. The maximum atomic E-state index is 13.9. The fourth-order valence-corrected chi connectivity index (χ4v) is 3.74. The molecule has 1 amide bonds. The number of benzene rings is 2. The maximum absolute atomic E-state index is 13.9. The first-order valence-electron chi connectivity index (χ1n) is 8.37. The molecule has 3 aromatic rings. The van der Waals surface area contributed by atoms with E-state index in [9.17, 15) is 17.6 Å². The number of nitrogens with two attached hydrogens (primary N) is 1. The number of primary amides is 1. The molecule has 2 aromatic carbocycles. The van der Waals surface area contributed by atoms with Crippen LogP contribution in [-0.4, -0.2) is 18.9 Å². The number of halogens is 1. The molecule has 1 heterocycles. The molecule has 28 heavy (non-hydrogen) atoms. The molecule has 0 aliphatic carbocycles. The number of hydrogen-bond donors (Lipinski definition) is 1. The van der Waals surface area contributed by atoms with Crippen molar-refractivity contribution in [2.24, 2.45) is 10.1 Å². The number of pyridine rings is 1. The Morgan fingerprint density at radius 3 is 2.29 bits per heavy atom. The van der Waals surface area contributed by atoms with Gasteiger partial charge in [-0.25, -0.2) is 4.39 Å². The van der Waals surface area contributed by atoms with E-state index in [4.69, 9.17) is 5.73 Å². The number of aromatic nitrogens is 1. The van der Waals surface area contributed by atoms with Crippen LogP contribution in [-0.2, 0) is 14.8 Å². The van der Waals surface area contributed by atoms with E-state index in [1.165, 1.54) is 18.2 Å². The average molecular weight is 399 g/mol. The zero-order valence-electron chi connectivity index (χ0n) is 15.0. The first-order valence-corrected chi connectivity index (χ1v) is 9.81. The molecule has 1 atom stereocenters. The van der Waals surface area contributed by atoms with Gasteiger partial charge >= 0.3 is 0 Å². The number of aryl methyl sites for hydroxylation is 1. The molecule has 0 aliphatic heterocycles. The monoisotopic (exact) mass is 399 g/mol. The minimum absolute atomic E-state index is 0.00990. The van der Waals surface area contributed by atoms with Crippen LogP contribution in [0.3, 0.4) is 0 Å². The van der Waals surface area contributed by atoms with Gasteiger partial charge in [-0.15, -0.1) is 4.40 Å². The van der Waals surface area contributed by atoms with Crippen LogP contribution < -0.4 is 11.2 Å². The van der Waals surface area contributed by atoms with Gasteiger partial charge in [-0.1, -0.05) is 48.0 Å². The highest BCUT2D eigenvalue weighted by Crippen LogP contribution is 2.17. The Bertz CT molecular complexity index is 1170. The Balaban J connectivity index is 2.22. The molecule has 0 fully saturated rings. The summed E-state index contributed by atoms with van der Waals surface area (Å²) in [5.41, 5.74) is 6.80. The maximum Gasteiger partial charge on any atom is 0.284 e. The molecule has 2 N–H and O–H groups in total. The molecule has 1 aromatic heterocycles. The number of sulfonamides is 1. The lowest BCUT2D eigenvalue weighted by Gasteiger charge is -2.18. The van der Waals surface area contributed by atoms with Crippen molar-refractivity contribution in [3.8, 4) is 0 Å². The molecule has 0 spiro atoms. The van der Waals surface area contributed by atoms with Gasteiger partial charge in [-0.3, -0.25) is 4.79 Å². The quantitative estimate of drug-likeness (QED) is 0.713. The van der Waals surface area contributed by atoms with Gasteiger partial charge in [-0.2, -0.15) is 8.42 Å². The molecule has 6 nitrogen and oxygen atoms in total. The normalized spacial score (nSPS) is 13.3. The standard InChI is InChI=1S/C20H18FN3O3S/c1-14-7-10-17(11-8-14)28(26,27)23-18-12-9-16(21)13-24(18)19(20(22)25)15-5-3-2-4-6-15/h2-13,19H,1H3,(H2,22,25)/b23-18+. The Labute approximate surface area is 161 Å². The topological polar surface area (TPSA) is 94.5 Å².